The van der Waals surface area contributed by atoms with Gasteiger partial charge in [0.1, 0.15) is 5.52 Å². The van der Waals surface area contributed by atoms with E-state index in [9.17, 15) is 4.79 Å². The molecule has 0 atom stereocenters. The van der Waals surface area contributed by atoms with E-state index in [4.69, 9.17) is 0 Å². The van der Waals surface area contributed by atoms with E-state index in [1.807, 2.05) is 30.3 Å². The summed E-state index contributed by atoms with van der Waals surface area (Å²) in [6, 6.07) is 17.2. The van der Waals surface area contributed by atoms with Crippen molar-refractivity contribution in [2.75, 3.05) is 10.6 Å². The Morgan fingerprint density at radius 2 is 1.93 bits per heavy atom. The number of anilines is 2. The molecule has 4 aromatic rings. The minimum Gasteiger partial charge on any atom is -0.364 e. The van der Waals surface area contributed by atoms with Crippen molar-refractivity contribution in [1.82, 2.24) is 19.9 Å². The highest BCUT2D eigenvalue weighted by Crippen LogP contribution is 2.20. The molecule has 0 aliphatic rings. The van der Waals surface area contributed by atoms with Crippen molar-refractivity contribution in [3.63, 3.8) is 0 Å². The first kappa shape index (κ1) is 16.7. The number of carbonyl (C=O) groups excluding carboxylic acids is 1. The van der Waals surface area contributed by atoms with E-state index in [0.717, 1.165) is 5.56 Å². The van der Waals surface area contributed by atoms with Crippen molar-refractivity contribution < 1.29 is 4.79 Å². The highest BCUT2D eigenvalue weighted by Gasteiger charge is 2.13. The molecule has 0 aliphatic carbocycles. The van der Waals surface area contributed by atoms with Gasteiger partial charge in [0.25, 0.3) is 5.91 Å². The molecular formula is C20H18N6O. The van der Waals surface area contributed by atoms with Crippen LogP contribution in [0.5, 0.6) is 0 Å². The smallest absolute Gasteiger partial charge is 0.258 e. The van der Waals surface area contributed by atoms with Crippen LogP contribution in [0.3, 0.4) is 0 Å². The second-order valence-electron chi connectivity index (χ2n) is 6.16. The number of nitrogens with one attached hydrogen (secondary N) is 3. The second kappa shape index (κ2) is 7.25. The number of hydrogen-bond donors (Lipinski definition) is 3. The van der Waals surface area contributed by atoms with Crippen molar-refractivity contribution in [3.05, 3.63) is 77.6 Å². The molecular weight excluding hydrogens is 340 g/mol. The minimum atomic E-state index is -0.268. The number of amides is 1. The van der Waals surface area contributed by atoms with E-state index in [-0.39, 0.29) is 11.9 Å². The quantitative estimate of drug-likeness (QED) is 0.507. The van der Waals surface area contributed by atoms with Gasteiger partial charge in [-0.05, 0) is 24.6 Å². The summed E-state index contributed by atoms with van der Waals surface area (Å²) in [6.45, 7) is 2.65. The van der Waals surface area contributed by atoms with Gasteiger partial charge < -0.3 is 10.3 Å². The molecule has 27 heavy (non-hydrogen) atoms. The fraction of sp³-hybridized carbons (Fsp3) is 0.100. The summed E-state index contributed by atoms with van der Waals surface area (Å²) in [4.78, 5) is 28.4. The van der Waals surface area contributed by atoms with Gasteiger partial charge in [-0.3, -0.25) is 10.1 Å². The Labute approximate surface area is 155 Å². The standard InChI is InChI=1S/C20H18N6O/c1-13-6-5-7-14(10-13)11-21-17-16-18(23-12-22-16)25-20(24-17)26-19(27)15-8-3-2-4-9-15/h2-10,12H,11H2,1H3,(H3,21,22,23,24,25,26,27). The van der Waals surface area contributed by atoms with Gasteiger partial charge in [0.15, 0.2) is 11.5 Å². The number of hydrogen-bond acceptors (Lipinski definition) is 5. The van der Waals surface area contributed by atoms with Crippen molar-refractivity contribution in [2.45, 2.75) is 13.5 Å². The molecule has 7 nitrogen and oxygen atoms in total. The lowest BCUT2D eigenvalue weighted by atomic mass is 10.1. The molecule has 2 heterocycles. The topological polar surface area (TPSA) is 95.6 Å². The fourth-order valence-corrected chi connectivity index (χ4v) is 2.79. The molecule has 2 aromatic carbocycles. The molecule has 134 valence electrons. The highest BCUT2D eigenvalue weighted by atomic mass is 16.1. The zero-order valence-corrected chi connectivity index (χ0v) is 14.7. The Kier molecular flexibility index (Phi) is 4.49. The first-order valence-electron chi connectivity index (χ1n) is 8.56. The molecule has 1 amide bonds. The van der Waals surface area contributed by atoms with Crippen LogP contribution in [0.15, 0.2) is 60.9 Å². The minimum absolute atomic E-state index is 0.204. The van der Waals surface area contributed by atoms with Crippen molar-refractivity contribution in [3.8, 4) is 0 Å². The summed E-state index contributed by atoms with van der Waals surface area (Å²) >= 11 is 0. The average molecular weight is 358 g/mol. The van der Waals surface area contributed by atoms with Gasteiger partial charge >= 0.3 is 0 Å². The van der Waals surface area contributed by atoms with Gasteiger partial charge in [0, 0.05) is 12.1 Å². The van der Waals surface area contributed by atoms with Gasteiger partial charge in [-0.1, -0.05) is 48.0 Å². The normalized spacial score (nSPS) is 10.7. The average Bonchev–Trinajstić information content (AvgIpc) is 3.15. The van der Waals surface area contributed by atoms with E-state index in [2.05, 4.69) is 49.6 Å². The van der Waals surface area contributed by atoms with Crippen LogP contribution in [0.4, 0.5) is 11.8 Å². The van der Waals surface area contributed by atoms with E-state index >= 15 is 0 Å². The van der Waals surface area contributed by atoms with Crippen LogP contribution in [-0.4, -0.2) is 25.8 Å². The number of imidazole rings is 1. The molecule has 3 N–H and O–H groups in total. The first-order chi connectivity index (χ1) is 13.2. The fourth-order valence-electron chi connectivity index (χ4n) is 2.79. The van der Waals surface area contributed by atoms with Crippen LogP contribution in [0, 0.1) is 6.92 Å². The molecule has 0 spiro atoms. The predicted molar refractivity (Wildman–Crippen MR) is 105 cm³/mol. The zero-order valence-electron chi connectivity index (χ0n) is 14.7. The summed E-state index contributed by atoms with van der Waals surface area (Å²) in [5, 5.41) is 6.03. The lowest BCUT2D eigenvalue weighted by Gasteiger charge is -2.09. The maximum Gasteiger partial charge on any atom is 0.258 e. The number of nitrogens with zero attached hydrogens (tertiary/aromatic N) is 3. The number of aryl methyl sites for hydroxylation is 1. The molecule has 0 saturated carbocycles. The van der Waals surface area contributed by atoms with Crippen LogP contribution >= 0.6 is 0 Å². The summed E-state index contributed by atoms with van der Waals surface area (Å²) in [5.74, 6) is 0.521. The summed E-state index contributed by atoms with van der Waals surface area (Å²) < 4.78 is 0. The number of rotatable bonds is 5. The maximum absolute atomic E-state index is 12.4. The summed E-state index contributed by atoms with van der Waals surface area (Å²) in [5.41, 5.74) is 4.05. The van der Waals surface area contributed by atoms with Gasteiger partial charge in [0.2, 0.25) is 5.95 Å². The number of H-pyrrole nitrogens is 1. The third kappa shape index (κ3) is 3.77. The Hall–Kier alpha value is -3.74. The third-order valence-electron chi connectivity index (χ3n) is 4.09. The number of benzene rings is 2. The SMILES string of the molecule is Cc1cccc(CNc2nc(NC(=O)c3ccccc3)nc3nc[nH]c23)c1. The lowest BCUT2D eigenvalue weighted by Crippen LogP contribution is -2.15. The van der Waals surface area contributed by atoms with Crippen LogP contribution in [-0.2, 0) is 6.54 Å². The molecule has 2 aromatic heterocycles. The molecule has 0 aliphatic heterocycles. The Morgan fingerprint density at radius 1 is 1.07 bits per heavy atom. The van der Waals surface area contributed by atoms with Gasteiger partial charge in [-0.25, -0.2) is 4.98 Å². The Bertz CT molecular complexity index is 1090. The van der Waals surface area contributed by atoms with Crippen molar-refractivity contribution in [1.29, 1.82) is 0 Å². The molecule has 0 bridgehead atoms. The molecule has 0 saturated heterocycles. The lowest BCUT2D eigenvalue weighted by molar-refractivity contribution is 0.102. The van der Waals surface area contributed by atoms with Crippen LogP contribution in [0.25, 0.3) is 11.2 Å². The first-order valence-corrected chi connectivity index (χ1v) is 8.56. The second-order valence-corrected chi connectivity index (χ2v) is 6.16. The number of aromatic nitrogens is 4. The summed E-state index contributed by atoms with van der Waals surface area (Å²) in [7, 11) is 0. The van der Waals surface area contributed by atoms with E-state index in [1.54, 1.807) is 18.5 Å². The van der Waals surface area contributed by atoms with Gasteiger partial charge in [0.05, 0.1) is 6.33 Å². The zero-order chi connectivity index (χ0) is 18.6. The van der Waals surface area contributed by atoms with Crippen molar-refractivity contribution >= 4 is 28.8 Å². The van der Waals surface area contributed by atoms with E-state index in [1.165, 1.54) is 5.56 Å². The number of fused-ring (bicyclic) bond motifs is 1. The molecule has 0 radical (unpaired) electrons. The summed E-state index contributed by atoms with van der Waals surface area (Å²) in [6.07, 6.45) is 1.56. The third-order valence-corrected chi connectivity index (χ3v) is 4.09. The number of carbonyl (C=O) groups is 1. The molecule has 0 fully saturated rings. The van der Waals surface area contributed by atoms with Crippen LogP contribution in [0.1, 0.15) is 21.5 Å². The predicted octanol–water partition coefficient (Wildman–Crippen LogP) is 3.53. The molecule has 0 unspecified atom stereocenters. The van der Waals surface area contributed by atoms with E-state index in [0.29, 0.717) is 29.1 Å². The Balaban J connectivity index is 1.59. The van der Waals surface area contributed by atoms with Gasteiger partial charge in [-0.15, -0.1) is 0 Å². The van der Waals surface area contributed by atoms with Crippen molar-refractivity contribution in [2.24, 2.45) is 0 Å². The molecule has 7 heteroatoms. The highest BCUT2D eigenvalue weighted by molar-refractivity contribution is 6.03. The van der Waals surface area contributed by atoms with Crippen LogP contribution in [0.2, 0.25) is 0 Å². The number of aromatic amines is 1. The van der Waals surface area contributed by atoms with E-state index < -0.39 is 0 Å². The maximum atomic E-state index is 12.4. The van der Waals surface area contributed by atoms with Crippen LogP contribution < -0.4 is 10.6 Å². The Morgan fingerprint density at radius 3 is 2.74 bits per heavy atom. The molecule has 4 rings (SSSR count). The largest absolute Gasteiger partial charge is 0.364 e. The van der Waals surface area contributed by atoms with Gasteiger partial charge in [-0.2, -0.15) is 9.97 Å². The monoisotopic (exact) mass is 358 g/mol.